The summed E-state index contributed by atoms with van der Waals surface area (Å²) < 4.78 is 4.46. The highest BCUT2D eigenvalue weighted by atomic mass is 16.5. The number of aromatic nitrogens is 1. The van der Waals surface area contributed by atoms with E-state index in [1.165, 1.54) is 12.3 Å². The van der Waals surface area contributed by atoms with Crippen molar-refractivity contribution in [2.75, 3.05) is 6.61 Å². The van der Waals surface area contributed by atoms with Gasteiger partial charge in [-0.15, -0.1) is 0 Å². The van der Waals surface area contributed by atoms with Crippen molar-refractivity contribution in [3.63, 3.8) is 0 Å². The van der Waals surface area contributed by atoms with E-state index >= 15 is 0 Å². The van der Waals surface area contributed by atoms with E-state index in [0.717, 1.165) is 0 Å². The fraction of sp³-hybridized carbons (Fsp3) is 0.308. The molecule has 0 bridgehead atoms. The smallest absolute Gasteiger partial charge is 0.375 e. The number of nitrogens with zero attached hydrogens (tertiary/aromatic N) is 1. The van der Waals surface area contributed by atoms with Crippen LogP contribution >= 0.6 is 0 Å². The number of carbonyl (C=O) groups excluding carboxylic acids is 4. The largest absolute Gasteiger partial charge is 0.460 e. The van der Waals surface area contributed by atoms with Gasteiger partial charge in [0.1, 0.15) is 11.5 Å². The molecule has 0 aromatic carbocycles. The van der Waals surface area contributed by atoms with Crippen molar-refractivity contribution >= 4 is 23.3 Å². The summed E-state index contributed by atoms with van der Waals surface area (Å²) in [5.74, 6) is -3.11. The molecule has 0 atom stereocenters. The Morgan fingerprint density at radius 3 is 2.47 bits per heavy atom. The molecule has 0 aliphatic carbocycles. The second-order valence-electron chi connectivity index (χ2n) is 3.67. The molecule has 1 rings (SSSR count). The number of Topliss-reactive ketones (excluding diaryl/α,β-unsaturated/α-hetero) is 3. The van der Waals surface area contributed by atoms with Gasteiger partial charge < -0.3 is 4.74 Å². The first-order chi connectivity index (χ1) is 9.04. The van der Waals surface area contributed by atoms with Crippen LogP contribution in [-0.4, -0.2) is 34.9 Å². The summed E-state index contributed by atoms with van der Waals surface area (Å²) >= 11 is 0. The van der Waals surface area contributed by atoms with Crippen LogP contribution in [0.15, 0.2) is 24.4 Å². The lowest BCUT2D eigenvalue weighted by Gasteiger charge is -2.01. The van der Waals surface area contributed by atoms with Crippen LogP contribution in [0.1, 0.15) is 30.3 Å². The molecule has 100 valence electrons. The maximum Gasteiger partial charge on any atom is 0.375 e. The van der Waals surface area contributed by atoms with E-state index in [4.69, 9.17) is 0 Å². The van der Waals surface area contributed by atoms with Gasteiger partial charge in [0.05, 0.1) is 19.4 Å². The van der Waals surface area contributed by atoms with E-state index in [2.05, 4.69) is 9.72 Å². The molecule has 1 aromatic heterocycles. The quantitative estimate of drug-likeness (QED) is 0.312. The number of ketones is 3. The van der Waals surface area contributed by atoms with Gasteiger partial charge >= 0.3 is 5.97 Å². The Bertz CT molecular complexity index is 495. The van der Waals surface area contributed by atoms with Gasteiger partial charge in [-0.2, -0.15) is 0 Å². The molecule has 0 aliphatic rings. The molecule has 1 aromatic rings. The second kappa shape index (κ2) is 7.15. The summed E-state index contributed by atoms with van der Waals surface area (Å²) in [6.45, 7) is 1.61. The van der Waals surface area contributed by atoms with Crippen molar-refractivity contribution in [2.24, 2.45) is 0 Å². The van der Waals surface area contributed by atoms with Crippen molar-refractivity contribution in [2.45, 2.75) is 19.8 Å². The van der Waals surface area contributed by atoms with Crippen LogP contribution in [0.25, 0.3) is 0 Å². The Hall–Kier alpha value is -2.37. The number of hydrogen-bond acceptors (Lipinski definition) is 6. The van der Waals surface area contributed by atoms with Gasteiger partial charge in [-0.05, 0) is 19.1 Å². The normalized spacial score (nSPS) is 9.74. The van der Waals surface area contributed by atoms with Crippen LogP contribution in [0.4, 0.5) is 0 Å². The van der Waals surface area contributed by atoms with Crippen molar-refractivity contribution in [1.82, 2.24) is 4.98 Å². The molecule has 0 radical (unpaired) electrons. The van der Waals surface area contributed by atoms with Gasteiger partial charge in [0.2, 0.25) is 5.78 Å². The SMILES string of the molecule is CCOC(=O)C(=O)CC(=O)CC(=O)c1ccccn1. The van der Waals surface area contributed by atoms with E-state index in [0.29, 0.717) is 0 Å². The third-order valence-electron chi connectivity index (χ3n) is 2.17. The second-order valence-corrected chi connectivity index (χ2v) is 3.67. The summed E-state index contributed by atoms with van der Waals surface area (Å²) in [6, 6.07) is 4.74. The van der Waals surface area contributed by atoms with Crippen LogP contribution in [-0.2, 0) is 19.1 Å². The fourth-order valence-electron chi connectivity index (χ4n) is 1.32. The summed E-state index contributed by atoms with van der Waals surface area (Å²) in [4.78, 5) is 49.1. The first kappa shape index (κ1) is 14.7. The minimum Gasteiger partial charge on any atom is -0.460 e. The molecular weight excluding hydrogens is 250 g/mol. The molecule has 0 saturated carbocycles. The summed E-state index contributed by atoms with van der Waals surface area (Å²) in [5.41, 5.74) is 0.152. The molecule has 6 heteroatoms. The monoisotopic (exact) mass is 263 g/mol. The molecule has 0 aliphatic heterocycles. The number of hydrogen-bond donors (Lipinski definition) is 0. The zero-order valence-corrected chi connectivity index (χ0v) is 10.4. The van der Waals surface area contributed by atoms with E-state index in [1.54, 1.807) is 19.1 Å². The maximum absolute atomic E-state index is 11.6. The van der Waals surface area contributed by atoms with Crippen LogP contribution < -0.4 is 0 Å². The first-order valence-corrected chi connectivity index (χ1v) is 5.70. The minimum absolute atomic E-state index is 0.0611. The van der Waals surface area contributed by atoms with Gasteiger partial charge in [0, 0.05) is 6.20 Å². The van der Waals surface area contributed by atoms with Gasteiger partial charge in [-0.25, -0.2) is 4.79 Å². The van der Waals surface area contributed by atoms with Crippen LogP contribution in [0, 0.1) is 0 Å². The zero-order valence-electron chi connectivity index (χ0n) is 10.4. The standard InChI is InChI=1S/C13H13NO5/c1-2-19-13(18)12(17)8-9(15)7-11(16)10-5-3-4-6-14-10/h3-6H,2,7-8H2,1H3. The Morgan fingerprint density at radius 1 is 1.16 bits per heavy atom. The molecule has 0 unspecified atom stereocenters. The predicted octanol–water partition coefficient (Wildman–Crippen LogP) is 0.746. The van der Waals surface area contributed by atoms with Crippen molar-refractivity contribution in [3.8, 4) is 0 Å². The number of esters is 1. The van der Waals surface area contributed by atoms with Gasteiger partial charge in [-0.3, -0.25) is 19.4 Å². The molecule has 19 heavy (non-hydrogen) atoms. The highest BCUT2D eigenvalue weighted by Crippen LogP contribution is 2.02. The lowest BCUT2D eigenvalue weighted by atomic mass is 10.1. The lowest BCUT2D eigenvalue weighted by Crippen LogP contribution is -2.22. The Balaban J connectivity index is 2.50. The van der Waals surface area contributed by atoms with Crippen molar-refractivity contribution in [3.05, 3.63) is 30.1 Å². The average molecular weight is 263 g/mol. The number of pyridine rings is 1. The van der Waals surface area contributed by atoms with E-state index in [1.807, 2.05) is 0 Å². The minimum atomic E-state index is -1.05. The van der Waals surface area contributed by atoms with Crippen LogP contribution in [0.5, 0.6) is 0 Å². The topological polar surface area (TPSA) is 90.4 Å². The van der Waals surface area contributed by atoms with Crippen molar-refractivity contribution in [1.29, 1.82) is 0 Å². The Kier molecular flexibility index (Phi) is 5.53. The van der Waals surface area contributed by atoms with E-state index in [9.17, 15) is 19.2 Å². The third kappa shape index (κ3) is 4.79. The highest BCUT2D eigenvalue weighted by Gasteiger charge is 2.21. The van der Waals surface area contributed by atoms with Crippen LogP contribution in [0.2, 0.25) is 0 Å². The Morgan fingerprint density at radius 2 is 1.89 bits per heavy atom. The predicted molar refractivity (Wildman–Crippen MR) is 64.4 cm³/mol. The molecule has 0 N–H and O–H groups in total. The first-order valence-electron chi connectivity index (χ1n) is 5.70. The molecule has 1 heterocycles. The van der Waals surface area contributed by atoms with E-state index in [-0.39, 0.29) is 12.3 Å². The Labute approximate surface area is 109 Å². The molecule has 0 saturated heterocycles. The van der Waals surface area contributed by atoms with Gasteiger partial charge in [0.25, 0.3) is 0 Å². The highest BCUT2D eigenvalue weighted by molar-refractivity contribution is 6.37. The summed E-state index contributed by atoms with van der Waals surface area (Å²) in [6.07, 6.45) is 0.348. The molecular formula is C13H13NO5. The summed E-state index contributed by atoms with van der Waals surface area (Å²) in [7, 11) is 0. The number of ether oxygens (including phenoxy) is 1. The van der Waals surface area contributed by atoms with Crippen molar-refractivity contribution < 1.29 is 23.9 Å². The average Bonchev–Trinajstić information content (AvgIpc) is 2.39. The summed E-state index contributed by atoms with van der Waals surface area (Å²) in [5, 5.41) is 0. The molecule has 0 fully saturated rings. The molecule has 6 nitrogen and oxygen atoms in total. The number of carbonyl (C=O) groups is 4. The maximum atomic E-state index is 11.6. The third-order valence-corrected chi connectivity index (χ3v) is 2.17. The van der Waals surface area contributed by atoms with E-state index < -0.39 is 36.2 Å². The van der Waals surface area contributed by atoms with Gasteiger partial charge in [0.15, 0.2) is 5.78 Å². The lowest BCUT2D eigenvalue weighted by molar-refractivity contribution is -0.154. The molecule has 0 amide bonds. The fourth-order valence-corrected chi connectivity index (χ4v) is 1.32. The van der Waals surface area contributed by atoms with Gasteiger partial charge in [-0.1, -0.05) is 6.07 Å². The number of rotatable bonds is 7. The zero-order chi connectivity index (χ0) is 14.3. The molecule has 0 spiro atoms. The van der Waals surface area contributed by atoms with Crippen LogP contribution in [0.3, 0.4) is 0 Å².